The van der Waals surface area contributed by atoms with Crippen LogP contribution in [0.1, 0.15) is 36.1 Å². The van der Waals surface area contributed by atoms with Crippen LogP contribution in [0, 0.1) is 6.92 Å². The summed E-state index contributed by atoms with van der Waals surface area (Å²) in [5.41, 5.74) is 4.54. The van der Waals surface area contributed by atoms with Gasteiger partial charge in [-0.15, -0.1) is 0 Å². The number of fused-ring (bicyclic) bond motifs is 2. The van der Waals surface area contributed by atoms with Crippen molar-refractivity contribution in [2.75, 3.05) is 19.6 Å². The van der Waals surface area contributed by atoms with E-state index in [0.29, 0.717) is 5.41 Å². The van der Waals surface area contributed by atoms with E-state index in [1.807, 2.05) is 6.20 Å². The molecule has 2 aliphatic rings. The molecular weight excluding hydrogens is 395 g/mol. The van der Waals surface area contributed by atoms with Crippen molar-refractivity contribution in [2.24, 2.45) is 0 Å². The van der Waals surface area contributed by atoms with Gasteiger partial charge in [0.25, 0.3) is 0 Å². The van der Waals surface area contributed by atoms with Crippen molar-refractivity contribution in [3.63, 3.8) is 0 Å². The third-order valence-electron chi connectivity index (χ3n) is 5.84. The van der Waals surface area contributed by atoms with E-state index in [9.17, 15) is 13.2 Å². The molecule has 1 N–H and O–H groups in total. The molecule has 0 bridgehead atoms. The average Bonchev–Trinajstić information content (AvgIpc) is 3.28. The van der Waals surface area contributed by atoms with E-state index in [1.54, 1.807) is 5.56 Å². The highest BCUT2D eigenvalue weighted by Crippen LogP contribution is 2.43. The van der Waals surface area contributed by atoms with E-state index in [1.165, 1.54) is 50.2 Å². The summed E-state index contributed by atoms with van der Waals surface area (Å²) in [6.45, 7) is 6.75. The van der Waals surface area contributed by atoms with Crippen LogP contribution in [0.5, 0.6) is 0 Å². The predicted molar refractivity (Wildman–Crippen MR) is 108 cm³/mol. The standard InChI is InChI=1S/C20H25N3.C2HF3O2/c1-17-8-12-21-23(17)14-4-13-22-15-10-20(11-16-22)9-7-18-5-2-3-6-19(18)20;3-2(4,5)1(6)7/h2-3,5-9,12H,4,10-11,13-16H2,1H3;(H,6,7). The number of benzene rings is 1. The van der Waals surface area contributed by atoms with Crippen molar-refractivity contribution in [2.45, 2.75) is 44.3 Å². The van der Waals surface area contributed by atoms with Gasteiger partial charge in [0, 0.05) is 23.9 Å². The number of rotatable bonds is 4. The molecule has 0 unspecified atom stereocenters. The van der Waals surface area contributed by atoms with Gasteiger partial charge in [-0.2, -0.15) is 18.3 Å². The number of aliphatic carboxylic acids is 1. The van der Waals surface area contributed by atoms with Crippen LogP contribution in [0.4, 0.5) is 13.2 Å². The smallest absolute Gasteiger partial charge is 0.475 e. The highest BCUT2D eigenvalue weighted by molar-refractivity contribution is 5.73. The number of aromatic nitrogens is 2. The summed E-state index contributed by atoms with van der Waals surface area (Å²) in [6.07, 6.45) is 5.28. The zero-order chi connectivity index (χ0) is 21.8. The van der Waals surface area contributed by atoms with Crippen LogP contribution in [0.25, 0.3) is 6.08 Å². The molecule has 1 aliphatic carbocycles. The second-order valence-electron chi connectivity index (χ2n) is 7.77. The topological polar surface area (TPSA) is 58.4 Å². The zero-order valence-electron chi connectivity index (χ0n) is 16.9. The molecule has 5 nitrogen and oxygen atoms in total. The molecule has 1 saturated heterocycles. The summed E-state index contributed by atoms with van der Waals surface area (Å²) >= 11 is 0. The van der Waals surface area contributed by atoms with Gasteiger partial charge in [-0.3, -0.25) is 4.68 Å². The minimum absolute atomic E-state index is 0.311. The molecule has 2 heterocycles. The van der Waals surface area contributed by atoms with Gasteiger partial charge >= 0.3 is 12.1 Å². The Morgan fingerprint density at radius 3 is 2.43 bits per heavy atom. The van der Waals surface area contributed by atoms with Crippen LogP contribution in [0.15, 0.2) is 42.6 Å². The van der Waals surface area contributed by atoms with Crippen molar-refractivity contribution >= 4 is 12.0 Å². The third-order valence-corrected chi connectivity index (χ3v) is 5.84. The van der Waals surface area contributed by atoms with Crippen LogP contribution in [0.3, 0.4) is 0 Å². The molecule has 1 aromatic heterocycles. The molecule has 0 atom stereocenters. The Kier molecular flexibility index (Phi) is 6.65. The lowest BCUT2D eigenvalue weighted by Gasteiger charge is -2.39. The van der Waals surface area contributed by atoms with Crippen LogP contribution < -0.4 is 0 Å². The molecule has 30 heavy (non-hydrogen) atoms. The minimum Gasteiger partial charge on any atom is -0.475 e. The fraction of sp³-hybridized carbons (Fsp3) is 0.455. The molecule has 1 aromatic carbocycles. The lowest BCUT2D eigenvalue weighted by molar-refractivity contribution is -0.192. The van der Waals surface area contributed by atoms with Gasteiger partial charge in [0.2, 0.25) is 0 Å². The number of carboxylic acid groups (broad SMARTS) is 1. The Balaban J connectivity index is 0.000000318. The van der Waals surface area contributed by atoms with Crippen molar-refractivity contribution in [3.05, 3.63) is 59.4 Å². The van der Waals surface area contributed by atoms with Gasteiger partial charge in [-0.25, -0.2) is 4.79 Å². The van der Waals surface area contributed by atoms with Crippen LogP contribution in [0.2, 0.25) is 0 Å². The maximum atomic E-state index is 10.6. The number of alkyl halides is 3. The lowest BCUT2D eigenvalue weighted by atomic mass is 9.74. The molecular formula is C22H26F3N3O2. The number of hydrogen-bond donors (Lipinski definition) is 1. The van der Waals surface area contributed by atoms with Gasteiger partial charge in [-0.1, -0.05) is 36.4 Å². The van der Waals surface area contributed by atoms with Crippen LogP contribution in [-0.4, -0.2) is 51.6 Å². The molecule has 0 saturated carbocycles. The summed E-state index contributed by atoms with van der Waals surface area (Å²) in [4.78, 5) is 11.5. The Morgan fingerprint density at radius 1 is 1.17 bits per heavy atom. The fourth-order valence-electron chi connectivity index (χ4n) is 4.12. The highest BCUT2D eigenvalue weighted by atomic mass is 19.4. The number of likely N-dealkylation sites (tertiary alicyclic amines) is 1. The van der Waals surface area contributed by atoms with Crippen molar-refractivity contribution in [1.29, 1.82) is 0 Å². The summed E-state index contributed by atoms with van der Waals surface area (Å²) in [6, 6.07) is 11.0. The number of aryl methyl sites for hydroxylation is 2. The number of halogens is 3. The number of hydrogen-bond acceptors (Lipinski definition) is 3. The molecule has 162 valence electrons. The normalized spacial score (nSPS) is 17.5. The predicted octanol–water partition coefficient (Wildman–Crippen LogP) is 4.28. The zero-order valence-corrected chi connectivity index (χ0v) is 16.9. The highest BCUT2D eigenvalue weighted by Gasteiger charge is 2.38. The van der Waals surface area contributed by atoms with Crippen molar-refractivity contribution < 1.29 is 23.1 Å². The van der Waals surface area contributed by atoms with E-state index in [-0.39, 0.29) is 0 Å². The van der Waals surface area contributed by atoms with E-state index in [4.69, 9.17) is 9.90 Å². The summed E-state index contributed by atoms with van der Waals surface area (Å²) in [7, 11) is 0. The summed E-state index contributed by atoms with van der Waals surface area (Å²) < 4.78 is 33.8. The maximum absolute atomic E-state index is 10.6. The first-order valence-electron chi connectivity index (χ1n) is 10.0. The number of piperidine rings is 1. The number of carboxylic acids is 1. The average molecular weight is 421 g/mol. The van der Waals surface area contributed by atoms with Crippen LogP contribution >= 0.6 is 0 Å². The second kappa shape index (κ2) is 9.04. The largest absolute Gasteiger partial charge is 0.490 e. The monoisotopic (exact) mass is 421 g/mol. The van der Waals surface area contributed by atoms with Gasteiger partial charge in [0.15, 0.2) is 0 Å². The number of allylic oxidation sites excluding steroid dienone is 1. The maximum Gasteiger partial charge on any atom is 0.490 e. The lowest BCUT2D eigenvalue weighted by Crippen LogP contribution is -2.41. The molecule has 2 aromatic rings. The second-order valence-corrected chi connectivity index (χ2v) is 7.77. The molecule has 1 aliphatic heterocycles. The number of carbonyl (C=O) groups is 1. The first-order chi connectivity index (χ1) is 14.2. The van der Waals surface area contributed by atoms with Gasteiger partial charge in [0.1, 0.15) is 0 Å². The Labute approximate surface area is 173 Å². The van der Waals surface area contributed by atoms with E-state index >= 15 is 0 Å². The number of nitrogens with zero attached hydrogens (tertiary/aromatic N) is 3. The first-order valence-corrected chi connectivity index (χ1v) is 10.0. The van der Waals surface area contributed by atoms with Gasteiger partial charge in [-0.05, 0) is 63.0 Å². The van der Waals surface area contributed by atoms with E-state index in [2.05, 4.69) is 64.1 Å². The molecule has 0 amide bonds. The van der Waals surface area contributed by atoms with Crippen molar-refractivity contribution in [3.8, 4) is 0 Å². The van der Waals surface area contributed by atoms with E-state index in [0.717, 1.165) is 6.54 Å². The Bertz CT molecular complexity index is 897. The molecule has 4 rings (SSSR count). The van der Waals surface area contributed by atoms with Gasteiger partial charge < -0.3 is 10.0 Å². The van der Waals surface area contributed by atoms with Crippen molar-refractivity contribution in [1.82, 2.24) is 14.7 Å². The molecule has 8 heteroatoms. The summed E-state index contributed by atoms with van der Waals surface area (Å²) in [5.74, 6) is -2.76. The third kappa shape index (κ3) is 5.11. The first kappa shape index (κ1) is 22.1. The fourth-order valence-corrected chi connectivity index (χ4v) is 4.12. The quantitative estimate of drug-likeness (QED) is 0.801. The Morgan fingerprint density at radius 2 is 1.83 bits per heavy atom. The van der Waals surface area contributed by atoms with E-state index < -0.39 is 12.1 Å². The molecule has 1 fully saturated rings. The Hall–Kier alpha value is -2.61. The molecule has 1 spiro atoms. The summed E-state index contributed by atoms with van der Waals surface area (Å²) in [5, 5.41) is 11.5. The molecule has 0 radical (unpaired) electrons. The minimum atomic E-state index is -5.08. The van der Waals surface area contributed by atoms with Crippen LogP contribution in [-0.2, 0) is 16.8 Å². The van der Waals surface area contributed by atoms with Gasteiger partial charge in [0.05, 0.1) is 0 Å². The SMILES string of the molecule is Cc1ccnn1CCCN1CCC2(C=Cc3ccccc32)CC1.O=C(O)C(F)(F)F.